The fraction of sp³-hybridized carbons (Fsp3) is 0.706. The van der Waals surface area contributed by atoms with Crippen molar-refractivity contribution in [3.8, 4) is 0 Å². The summed E-state index contributed by atoms with van der Waals surface area (Å²) >= 11 is 2.03. The first kappa shape index (κ1) is 21.6. The van der Waals surface area contributed by atoms with Crippen LogP contribution in [-0.2, 0) is 4.74 Å². The number of furan rings is 1. The molecule has 1 unspecified atom stereocenters. The van der Waals surface area contributed by atoms with E-state index >= 15 is 0 Å². The Bertz CT molecular complexity index is 510. The van der Waals surface area contributed by atoms with Crippen molar-refractivity contribution in [2.45, 2.75) is 44.4 Å². The van der Waals surface area contributed by atoms with Crippen molar-refractivity contribution in [2.75, 3.05) is 32.6 Å². The molecule has 7 heteroatoms. The van der Waals surface area contributed by atoms with E-state index in [0.717, 1.165) is 55.8 Å². The van der Waals surface area contributed by atoms with Gasteiger partial charge in [-0.05, 0) is 44.6 Å². The summed E-state index contributed by atoms with van der Waals surface area (Å²) in [5, 5.41) is 6.89. The number of guanidine groups is 1. The van der Waals surface area contributed by atoms with Gasteiger partial charge in [-0.2, -0.15) is 11.8 Å². The average Bonchev–Trinajstić information content (AvgIpc) is 2.99. The average molecular weight is 467 g/mol. The Morgan fingerprint density at radius 1 is 1.38 bits per heavy atom. The molecule has 1 aromatic heterocycles. The van der Waals surface area contributed by atoms with E-state index in [2.05, 4.69) is 29.5 Å². The van der Waals surface area contributed by atoms with Gasteiger partial charge < -0.3 is 19.8 Å². The highest BCUT2D eigenvalue weighted by molar-refractivity contribution is 14.0. The molecule has 1 aromatic rings. The fourth-order valence-electron chi connectivity index (χ4n) is 2.82. The van der Waals surface area contributed by atoms with Crippen molar-refractivity contribution in [3.63, 3.8) is 0 Å². The first-order chi connectivity index (χ1) is 11.1. The number of aliphatic imine (C=N–C) groups is 1. The minimum atomic E-state index is 0. The summed E-state index contributed by atoms with van der Waals surface area (Å²) in [6.45, 7) is 8.86. The van der Waals surface area contributed by atoms with E-state index in [1.165, 1.54) is 0 Å². The van der Waals surface area contributed by atoms with Crippen molar-refractivity contribution in [3.05, 3.63) is 23.7 Å². The molecular weight excluding hydrogens is 437 g/mol. The molecule has 1 aliphatic rings. The lowest BCUT2D eigenvalue weighted by atomic mass is 9.99. The molecule has 2 rings (SSSR count). The monoisotopic (exact) mass is 467 g/mol. The second-order valence-corrected chi connectivity index (χ2v) is 7.70. The highest BCUT2D eigenvalue weighted by Gasteiger charge is 2.32. The SMILES string of the molecule is CCSC1(CNC(=NC)NC(C)c2ccc(C)o2)CCOCC1.I. The molecule has 138 valence electrons. The number of nitrogens with zero attached hydrogens (tertiary/aromatic N) is 1. The molecule has 1 saturated heterocycles. The first-order valence-electron chi connectivity index (χ1n) is 8.34. The molecule has 2 N–H and O–H groups in total. The zero-order valence-corrected chi connectivity index (χ0v) is 18.2. The molecule has 1 aliphatic heterocycles. The maximum Gasteiger partial charge on any atom is 0.191 e. The Labute approximate surface area is 166 Å². The van der Waals surface area contributed by atoms with Crippen molar-refractivity contribution in [2.24, 2.45) is 4.99 Å². The van der Waals surface area contributed by atoms with Crippen LogP contribution in [0, 0.1) is 6.92 Å². The van der Waals surface area contributed by atoms with Crippen LogP contribution < -0.4 is 10.6 Å². The lowest BCUT2D eigenvalue weighted by molar-refractivity contribution is 0.0782. The van der Waals surface area contributed by atoms with Crippen molar-refractivity contribution < 1.29 is 9.15 Å². The quantitative estimate of drug-likeness (QED) is 0.379. The highest BCUT2D eigenvalue weighted by atomic mass is 127. The van der Waals surface area contributed by atoms with Gasteiger partial charge in [0.05, 0.1) is 6.04 Å². The minimum Gasteiger partial charge on any atom is -0.464 e. The summed E-state index contributed by atoms with van der Waals surface area (Å²) in [6.07, 6.45) is 2.17. The van der Waals surface area contributed by atoms with Gasteiger partial charge in [-0.15, -0.1) is 24.0 Å². The summed E-state index contributed by atoms with van der Waals surface area (Å²) < 4.78 is 11.5. The van der Waals surface area contributed by atoms with E-state index in [1.54, 1.807) is 7.05 Å². The van der Waals surface area contributed by atoms with Gasteiger partial charge in [-0.25, -0.2) is 0 Å². The fourth-order valence-corrected chi connectivity index (χ4v) is 4.07. The topological polar surface area (TPSA) is 58.8 Å². The molecular formula is C17H30IN3O2S. The third kappa shape index (κ3) is 6.15. The van der Waals surface area contributed by atoms with Gasteiger partial charge in [-0.1, -0.05) is 6.92 Å². The van der Waals surface area contributed by atoms with Crippen LogP contribution in [0.15, 0.2) is 21.5 Å². The lowest BCUT2D eigenvalue weighted by Crippen LogP contribution is -2.48. The van der Waals surface area contributed by atoms with Gasteiger partial charge in [0.2, 0.25) is 0 Å². The van der Waals surface area contributed by atoms with E-state index in [4.69, 9.17) is 9.15 Å². The number of rotatable bonds is 6. The molecule has 0 saturated carbocycles. The van der Waals surface area contributed by atoms with E-state index in [9.17, 15) is 0 Å². The Hall–Kier alpha value is -0.410. The zero-order valence-electron chi connectivity index (χ0n) is 15.1. The number of hydrogen-bond donors (Lipinski definition) is 2. The van der Waals surface area contributed by atoms with Gasteiger partial charge in [0.1, 0.15) is 11.5 Å². The Morgan fingerprint density at radius 3 is 2.62 bits per heavy atom. The molecule has 2 heterocycles. The largest absolute Gasteiger partial charge is 0.464 e. The zero-order chi connectivity index (χ0) is 16.7. The van der Waals surface area contributed by atoms with E-state index in [-0.39, 0.29) is 34.8 Å². The molecule has 1 fully saturated rings. The molecule has 0 radical (unpaired) electrons. The molecule has 0 aliphatic carbocycles. The van der Waals surface area contributed by atoms with Crippen molar-refractivity contribution in [1.82, 2.24) is 10.6 Å². The van der Waals surface area contributed by atoms with Crippen LogP contribution in [0.4, 0.5) is 0 Å². The molecule has 0 spiro atoms. The van der Waals surface area contributed by atoms with Crippen LogP contribution in [0.1, 0.15) is 44.3 Å². The smallest absolute Gasteiger partial charge is 0.191 e. The summed E-state index contributed by atoms with van der Waals surface area (Å²) in [6, 6.07) is 4.07. The standard InChI is InChI=1S/C17H29N3O2S.HI/c1-5-23-17(8-10-21-11-9-17)12-19-16(18-4)20-14(3)15-7-6-13(2)22-15;/h6-7,14H,5,8-12H2,1-4H3,(H2,18,19,20);1H. The van der Waals surface area contributed by atoms with Gasteiger partial charge in [0.25, 0.3) is 0 Å². The third-order valence-electron chi connectivity index (χ3n) is 4.20. The Kier molecular flexibility index (Phi) is 9.51. The Morgan fingerprint density at radius 2 is 2.08 bits per heavy atom. The molecule has 0 bridgehead atoms. The van der Waals surface area contributed by atoms with Crippen LogP contribution in [0.2, 0.25) is 0 Å². The predicted octanol–water partition coefficient (Wildman–Crippen LogP) is 3.73. The van der Waals surface area contributed by atoms with Gasteiger partial charge in [-0.3, -0.25) is 4.99 Å². The summed E-state index contributed by atoms with van der Waals surface area (Å²) in [5.74, 6) is 3.79. The van der Waals surface area contributed by atoms with E-state index in [0.29, 0.717) is 0 Å². The van der Waals surface area contributed by atoms with E-state index < -0.39 is 0 Å². The maximum atomic E-state index is 5.68. The summed E-state index contributed by atoms with van der Waals surface area (Å²) in [4.78, 5) is 4.35. The van der Waals surface area contributed by atoms with Crippen LogP contribution in [0.3, 0.4) is 0 Å². The number of thioether (sulfide) groups is 1. The normalized spacial score (nSPS) is 18.6. The summed E-state index contributed by atoms with van der Waals surface area (Å²) in [7, 11) is 1.80. The second-order valence-electron chi connectivity index (χ2n) is 5.97. The highest BCUT2D eigenvalue weighted by Crippen LogP contribution is 2.34. The minimum absolute atomic E-state index is 0. The molecule has 0 aromatic carbocycles. The first-order valence-corrected chi connectivity index (χ1v) is 9.32. The Balaban J connectivity index is 0.00000288. The van der Waals surface area contributed by atoms with Crippen LogP contribution in [0.25, 0.3) is 0 Å². The number of nitrogens with one attached hydrogen (secondary N) is 2. The second kappa shape index (κ2) is 10.6. The summed E-state index contributed by atoms with van der Waals surface area (Å²) in [5.41, 5.74) is 0. The van der Waals surface area contributed by atoms with Crippen LogP contribution >= 0.6 is 35.7 Å². The number of hydrogen-bond acceptors (Lipinski definition) is 4. The van der Waals surface area contributed by atoms with Crippen molar-refractivity contribution in [1.29, 1.82) is 0 Å². The van der Waals surface area contributed by atoms with E-state index in [1.807, 2.05) is 30.8 Å². The maximum absolute atomic E-state index is 5.68. The molecule has 24 heavy (non-hydrogen) atoms. The molecule has 0 amide bonds. The van der Waals surface area contributed by atoms with Crippen molar-refractivity contribution >= 4 is 41.7 Å². The number of ether oxygens (including phenoxy) is 1. The molecule has 5 nitrogen and oxygen atoms in total. The lowest BCUT2D eigenvalue weighted by Gasteiger charge is -2.37. The molecule has 1 atom stereocenters. The van der Waals surface area contributed by atoms with Gasteiger partial charge in [0.15, 0.2) is 5.96 Å². The van der Waals surface area contributed by atoms with Gasteiger partial charge in [0, 0.05) is 31.6 Å². The van der Waals surface area contributed by atoms with Crippen LogP contribution in [-0.4, -0.2) is 43.3 Å². The number of halogens is 1. The van der Waals surface area contributed by atoms with Gasteiger partial charge >= 0.3 is 0 Å². The third-order valence-corrected chi connectivity index (χ3v) is 5.65. The predicted molar refractivity (Wildman–Crippen MR) is 113 cm³/mol. The number of aryl methyl sites for hydroxylation is 1. The van der Waals surface area contributed by atoms with Crippen LogP contribution in [0.5, 0.6) is 0 Å².